The molecule has 4 atom stereocenters. The molecule has 0 unspecified atom stereocenters. The first-order valence-electron chi connectivity index (χ1n) is 21.7. The van der Waals surface area contributed by atoms with Gasteiger partial charge in [0.05, 0.1) is 32.9 Å². The number of halogens is 4. The summed E-state index contributed by atoms with van der Waals surface area (Å²) in [6, 6.07) is 12.6. The lowest BCUT2D eigenvalue weighted by Crippen LogP contribution is -2.56. The minimum absolute atomic E-state index is 0.174. The van der Waals surface area contributed by atoms with Crippen LogP contribution in [0, 0.1) is 10.8 Å². The predicted octanol–water partition coefficient (Wildman–Crippen LogP) is 11.6. The van der Waals surface area contributed by atoms with Gasteiger partial charge in [0.25, 0.3) is 0 Å². The molecule has 0 aromatic heterocycles. The largest absolute Gasteiger partial charge is 0.341 e. The molecular weight excluding hydrogens is 782 g/mol. The van der Waals surface area contributed by atoms with Crippen LogP contribution in [0.1, 0.15) is 129 Å². The zero-order valence-electron chi connectivity index (χ0n) is 35.0. The van der Waals surface area contributed by atoms with Crippen molar-refractivity contribution in [2.45, 2.75) is 155 Å². The molecule has 10 heteroatoms. The van der Waals surface area contributed by atoms with Gasteiger partial charge in [0.2, 0.25) is 11.8 Å². The molecule has 2 aromatic rings. The Hall–Kier alpha value is -1.54. The molecule has 0 radical (unpaired) electrons. The van der Waals surface area contributed by atoms with Gasteiger partial charge in [0.1, 0.15) is 0 Å². The highest BCUT2D eigenvalue weighted by Gasteiger charge is 2.45. The van der Waals surface area contributed by atoms with Crippen molar-refractivity contribution in [1.29, 1.82) is 0 Å². The molecular formula is C46H68Cl4N4O2. The third-order valence-electron chi connectivity index (χ3n) is 14.8. The maximum Gasteiger partial charge on any atom is 0.227 e. The topological polar surface area (TPSA) is 47.1 Å². The van der Waals surface area contributed by atoms with Crippen LogP contribution in [0.25, 0.3) is 0 Å². The van der Waals surface area contributed by atoms with Gasteiger partial charge in [0.15, 0.2) is 0 Å². The quantitative estimate of drug-likeness (QED) is 0.213. The Morgan fingerprint density at radius 1 is 0.589 bits per heavy atom. The minimum atomic E-state index is 0.174. The van der Waals surface area contributed by atoms with E-state index in [1.807, 2.05) is 48.2 Å². The molecule has 6 nitrogen and oxygen atoms in total. The van der Waals surface area contributed by atoms with Crippen LogP contribution in [0.15, 0.2) is 36.4 Å². The zero-order chi connectivity index (χ0) is 40.6. The van der Waals surface area contributed by atoms with Crippen molar-refractivity contribution in [1.82, 2.24) is 19.6 Å². The monoisotopic (exact) mass is 848 g/mol. The first kappa shape index (κ1) is 45.5. The van der Waals surface area contributed by atoms with E-state index in [0.717, 1.165) is 24.0 Å². The number of nitrogens with zero attached hydrogens (tertiary/aromatic N) is 4. The van der Waals surface area contributed by atoms with Gasteiger partial charge >= 0.3 is 0 Å². The van der Waals surface area contributed by atoms with E-state index in [2.05, 4.69) is 37.5 Å². The van der Waals surface area contributed by atoms with Crippen LogP contribution in [0.4, 0.5) is 0 Å². The van der Waals surface area contributed by atoms with Gasteiger partial charge in [-0.3, -0.25) is 19.4 Å². The fourth-order valence-corrected chi connectivity index (χ4v) is 11.1. The first-order valence-corrected chi connectivity index (χ1v) is 23.2. The molecule has 0 bridgehead atoms. The Morgan fingerprint density at radius 3 is 1.45 bits per heavy atom. The van der Waals surface area contributed by atoms with E-state index in [9.17, 15) is 9.59 Å². The van der Waals surface area contributed by atoms with Crippen LogP contribution in [-0.2, 0) is 22.4 Å². The van der Waals surface area contributed by atoms with Gasteiger partial charge in [-0.2, -0.15) is 0 Å². The maximum atomic E-state index is 13.2. The van der Waals surface area contributed by atoms with Crippen LogP contribution in [0.2, 0.25) is 20.1 Å². The van der Waals surface area contributed by atoms with Crippen LogP contribution in [0.3, 0.4) is 0 Å². The summed E-state index contributed by atoms with van der Waals surface area (Å²) >= 11 is 24.3. The van der Waals surface area contributed by atoms with E-state index in [4.69, 9.17) is 46.4 Å². The summed E-state index contributed by atoms with van der Waals surface area (Å²) in [4.78, 5) is 35.7. The van der Waals surface area contributed by atoms with Crippen molar-refractivity contribution in [2.24, 2.45) is 10.8 Å². The number of hydrogen-bond donors (Lipinski definition) is 0. The fourth-order valence-electron chi connectivity index (χ4n) is 10.5. The van der Waals surface area contributed by atoms with Crippen LogP contribution in [-0.4, -0.2) is 95.9 Å². The number of likely N-dealkylation sites (N-methyl/N-ethyl adjacent to an activating group) is 2. The Labute approximate surface area is 358 Å². The summed E-state index contributed by atoms with van der Waals surface area (Å²) in [6.45, 7) is 14.0. The van der Waals surface area contributed by atoms with Gasteiger partial charge in [-0.1, -0.05) is 112 Å². The van der Waals surface area contributed by atoms with Gasteiger partial charge in [-0.15, -0.1) is 0 Å². The van der Waals surface area contributed by atoms with Crippen molar-refractivity contribution in [2.75, 3.05) is 40.3 Å². The summed E-state index contributed by atoms with van der Waals surface area (Å²) < 4.78 is 0. The number of benzene rings is 2. The highest BCUT2D eigenvalue weighted by molar-refractivity contribution is 6.42. The van der Waals surface area contributed by atoms with E-state index in [-0.39, 0.29) is 11.8 Å². The van der Waals surface area contributed by atoms with Crippen LogP contribution < -0.4 is 0 Å². The number of carbonyl (C=O) groups excluding carboxylic acids is 2. The Kier molecular flexibility index (Phi) is 16.8. The molecule has 2 saturated carbocycles. The van der Waals surface area contributed by atoms with Crippen molar-refractivity contribution in [3.05, 3.63) is 67.6 Å². The average Bonchev–Trinajstić information content (AvgIpc) is 3.96. The molecule has 4 aliphatic rings. The van der Waals surface area contributed by atoms with Gasteiger partial charge < -0.3 is 9.80 Å². The lowest BCUT2D eigenvalue weighted by molar-refractivity contribution is -0.135. The van der Waals surface area contributed by atoms with Crippen molar-refractivity contribution >= 4 is 58.2 Å². The molecule has 312 valence electrons. The average molecular weight is 851 g/mol. The lowest BCUT2D eigenvalue weighted by atomic mass is 9.66. The third-order valence-corrected chi connectivity index (χ3v) is 16.3. The highest BCUT2D eigenvalue weighted by Crippen LogP contribution is 2.46. The zero-order valence-corrected chi connectivity index (χ0v) is 38.1. The molecule has 2 amide bonds. The molecule has 0 N–H and O–H groups in total. The second-order valence-corrected chi connectivity index (χ2v) is 19.1. The second kappa shape index (κ2) is 20.6. The number of rotatable bonds is 12. The van der Waals surface area contributed by atoms with E-state index < -0.39 is 0 Å². The normalized spacial score (nSPS) is 25.0. The Balaban J connectivity index is 0.000000214. The molecule has 2 heterocycles. The van der Waals surface area contributed by atoms with Crippen LogP contribution >= 0.6 is 46.4 Å². The van der Waals surface area contributed by atoms with Crippen molar-refractivity contribution < 1.29 is 9.59 Å². The van der Waals surface area contributed by atoms with Crippen LogP contribution in [0.5, 0.6) is 0 Å². The summed E-state index contributed by atoms with van der Waals surface area (Å²) in [7, 11) is 4.01. The molecule has 4 fully saturated rings. The smallest absolute Gasteiger partial charge is 0.227 e. The van der Waals surface area contributed by atoms with E-state index in [0.29, 0.717) is 67.9 Å². The minimum Gasteiger partial charge on any atom is -0.341 e. The number of hydrogen-bond acceptors (Lipinski definition) is 4. The summed E-state index contributed by atoms with van der Waals surface area (Å²) in [5.41, 5.74) is 2.67. The summed E-state index contributed by atoms with van der Waals surface area (Å²) in [5.74, 6) is 0.351. The molecule has 2 aliphatic carbocycles. The number of amides is 2. The molecule has 0 spiro atoms. The highest BCUT2D eigenvalue weighted by atomic mass is 35.5. The van der Waals surface area contributed by atoms with Gasteiger partial charge in [-0.05, 0) is 137 Å². The molecule has 6 rings (SSSR count). The molecule has 2 saturated heterocycles. The standard InChI is InChI=1S/2C23H34Cl2N2O/c1-4-23(5-2)11-10-20(27-12-6-7-13-27)21(16-23)26(3)22(28)15-17-8-9-18(24)19(25)14-17;1-4-23(5-2)11-10-20(21(16-23)27-12-6-7-13-27)26(3)22(28)15-17-8-9-18(24)19(25)14-17/h2*8-9,14,20-21H,4-7,10-13,15-16H2,1-3H3/t2*20-,21-/m11/s1. The maximum absolute atomic E-state index is 13.2. The first-order chi connectivity index (χ1) is 26.8. The van der Waals surface area contributed by atoms with Gasteiger partial charge in [0, 0.05) is 38.3 Å². The third kappa shape index (κ3) is 11.0. The molecule has 2 aliphatic heterocycles. The van der Waals surface area contributed by atoms with E-state index in [1.54, 1.807) is 12.1 Å². The molecule has 2 aromatic carbocycles. The number of likely N-dealkylation sites (tertiary alicyclic amines) is 2. The second-order valence-electron chi connectivity index (χ2n) is 17.5. The van der Waals surface area contributed by atoms with Gasteiger partial charge in [-0.25, -0.2) is 0 Å². The van der Waals surface area contributed by atoms with E-state index >= 15 is 0 Å². The molecule has 56 heavy (non-hydrogen) atoms. The summed E-state index contributed by atoms with van der Waals surface area (Å²) in [6.07, 6.45) is 17.9. The van der Waals surface area contributed by atoms with Crippen molar-refractivity contribution in [3.63, 3.8) is 0 Å². The Morgan fingerprint density at radius 2 is 1.00 bits per heavy atom. The Bertz CT molecular complexity index is 1600. The number of carbonyl (C=O) groups is 2. The fraction of sp³-hybridized carbons (Fsp3) is 0.696. The SMILES string of the molecule is CCC1(CC)CC[C@@H](N(C)C(=O)Cc2ccc(Cl)c(Cl)c2)[C@H](N2CCCC2)C1.CCC1(CC)CC[C@@H](N2CCCC2)[C@H](N(C)C(=O)Cc2ccc(Cl)c(Cl)c2)C1. The lowest BCUT2D eigenvalue weighted by Gasteiger charge is -2.50. The van der Waals surface area contributed by atoms with Crippen molar-refractivity contribution in [3.8, 4) is 0 Å². The predicted molar refractivity (Wildman–Crippen MR) is 236 cm³/mol. The van der Waals surface area contributed by atoms with E-state index in [1.165, 1.54) is 103 Å². The summed E-state index contributed by atoms with van der Waals surface area (Å²) in [5, 5.41) is 2.09.